The fourth-order valence-electron chi connectivity index (χ4n) is 2.02. The van der Waals surface area contributed by atoms with Gasteiger partial charge >= 0.3 is 0 Å². The van der Waals surface area contributed by atoms with Crippen molar-refractivity contribution in [1.82, 2.24) is 4.90 Å². The molecule has 0 unspecified atom stereocenters. The standard InChI is InChI=1S/C14H31N3O2/c1-4-5-9-17(11-12-18)10-7-6-8-14(2,3)13(15)16-19/h18-19H,4-12H2,1-3H3,(H2,15,16). The summed E-state index contributed by atoms with van der Waals surface area (Å²) in [5.41, 5.74) is 5.41. The Morgan fingerprint density at radius 3 is 2.32 bits per heavy atom. The van der Waals surface area contributed by atoms with Crippen molar-refractivity contribution < 1.29 is 10.3 Å². The zero-order valence-corrected chi connectivity index (χ0v) is 12.7. The second-order valence-corrected chi connectivity index (χ2v) is 5.75. The van der Waals surface area contributed by atoms with E-state index in [-0.39, 0.29) is 12.0 Å². The second-order valence-electron chi connectivity index (χ2n) is 5.75. The van der Waals surface area contributed by atoms with Crippen LogP contribution in [0.3, 0.4) is 0 Å². The lowest BCUT2D eigenvalue weighted by Gasteiger charge is -2.24. The molecular weight excluding hydrogens is 242 g/mol. The minimum absolute atomic E-state index is 0.222. The van der Waals surface area contributed by atoms with Gasteiger partial charge in [-0.3, -0.25) is 0 Å². The molecule has 0 radical (unpaired) electrons. The van der Waals surface area contributed by atoms with E-state index in [0.717, 1.165) is 38.9 Å². The number of rotatable bonds is 11. The van der Waals surface area contributed by atoms with Gasteiger partial charge in [0, 0.05) is 12.0 Å². The first-order chi connectivity index (χ1) is 8.97. The van der Waals surface area contributed by atoms with Gasteiger partial charge in [-0.1, -0.05) is 38.8 Å². The maximum absolute atomic E-state index is 9.02. The van der Waals surface area contributed by atoms with E-state index in [2.05, 4.69) is 17.0 Å². The molecule has 5 nitrogen and oxygen atoms in total. The van der Waals surface area contributed by atoms with Crippen LogP contribution in [0.15, 0.2) is 5.16 Å². The minimum Gasteiger partial charge on any atom is -0.409 e. The Balaban J connectivity index is 3.92. The third-order valence-corrected chi connectivity index (χ3v) is 3.57. The van der Waals surface area contributed by atoms with E-state index >= 15 is 0 Å². The highest BCUT2D eigenvalue weighted by molar-refractivity contribution is 5.85. The average molecular weight is 273 g/mol. The zero-order chi connectivity index (χ0) is 14.7. The summed E-state index contributed by atoms with van der Waals surface area (Å²) in [6, 6.07) is 0. The van der Waals surface area contributed by atoms with Crippen LogP contribution in [-0.2, 0) is 0 Å². The molecule has 0 aromatic carbocycles. The van der Waals surface area contributed by atoms with E-state index in [4.69, 9.17) is 16.0 Å². The van der Waals surface area contributed by atoms with Crippen LogP contribution in [0, 0.1) is 5.41 Å². The van der Waals surface area contributed by atoms with Crippen LogP contribution in [0.25, 0.3) is 0 Å². The smallest absolute Gasteiger partial charge is 0.144 e. The topological polar surface area (TPSA) is 82.1 Å². The molecule has 0 rings (SSSR count). The fourth-order valence-corrected chi connectivity index (χ4v) is 2.02. The summed E-state index contributed by atoms with van der Waals surface area (Å²) >= 11 is 0. The number of oxime groups is 1. The minimum atomic E-state index is -0.250. The largest absolute Gasteiger partial charge is 0.409 e. The van der Waals surface area contributed by atoms with Gasteiger partial charge in [-0.15, -0.1) is 0 Å². The normalized spacial score (nSPS) is 13.2. The van der Waals surface area contributed by atoms with Gasteiger partial charge in [0.05, 0.1) is 6.61 Å². The first-order valence-corrected chi connectivity index (χ1v) is 7.29. The number of unbranched alkanes of at least 4 members (excludes halogenated alkanes) is 2. The van der Waals surface area contributed by atoms with Crippen LogP contribution in [0.2, 0.25) is 0 Å². The average Bonchev–Trinajstić information content (AvgIpc) is 2.39. The predicted molar refractivity (Wildman–Crippen MR) is 79.5 cm³/mol. The van der Waals surface area contributed by atoms with Gasteiger partial charge in [-0.25, -0.2) is 0 Å². The van der Waals surface area contributed by atoms with Crippen molar-refractivity contribution >= 4 is 5.84 Å². The van der Waals surface area contributed by atoms with Crippen LogP contribution in [-0.4, -0.2) is 47.3 Å². The van der Waals surface area contributed by atoms with Crippen LogP contribution in [0.1, 0.15) is 52.9 Å². The first kappa shape index (κ1) is 18.2. The molecule has 0 bridgehead atoms. The molecule has 0 atom stereocenters. The summed E-state index contributed by atoms with van der Waals surface area (Å²) in [4.78, 5) is 2.31. The molecule has 0 amide bonds. The van der Waals surface area contributed by atoms with E-state index in [0.29, 0.717) is 5.84 Å². The maximum atomic E-state index is 9.02. The lowest BCUT2D eigenvalue weighted by atomic mass is 9.86. The molecule has 0 saturated heterocycles. The zero-order valence-electron chi connectivity index (χ0n) is 12.7. The molecule has 0 aliphatic rings. The Hall–Kier alpha value is -0.810. The van der Waals surface area contributed by atoms with Crippen LogP contribution >= 0.6 is 0 Å². The summed E-state index contributed by atoms with van der Waals surface area (Å²) in [6.45, 7) is 9.20. The summed E-state index contributed by atoms with van der Waals surface area (Å²) in [5, 5.41) is 20.8. The molecule has 0 aromatic heterocycles. The Morgan fingerprint density at radius 2 is 1.79 bits per heavy atom. The summed E-state index contributed by atoms with van der Waals surface area (Å²) < 4.78 is 0. The van der Waals surface area contributed by atoms with Gasteiger partial charge < -0.3 is 20.9 Å². The third-order valence-electron chi connectivity index (χ3n) is 3.57. The van der Waals surface area contributed by atoms with E-state index in [9.17, 15) is 0 Å². The van der Waals surface area contributed by atoms with Gasteiger partial charge in [0.25, 0.3) is 0 Å². The molecular formula is C14H31N3O2. The van der Waals surface area contributed by atoms with Gasteiger partial charge in [-0.05, 0) is 32.4 Å². The van der Waals surface area contributed by atoms with Gasteiger partial charge in [0.2, 0.25) is 0 Å². The van der Waals surface area contributed by atoms with Gasteiger partial charge in [0.1, 0.15) is 5.84 Å². The molecule has 0 heterocycles. The van der Waals surface area contributed by atoms with Crippen LogP contribution in [0.5, 0.6) is 0 Å². The van der Waals surface area contributed by atoms with Gasteiger partial charge in [-0.2, -0.15) is 0 Å². The van der Waals surface area contributed by atoms with Crippen LogP contribution < -0.4 is 5.73 Å². The molecule has 0 aliphatic heterocycles. The lowest BCUT2D eigenvalue weighted by molar-refractivity contribution is 0.190. The van der Waals surface area contributed by atoms with E-state index < -0.39 is 0 Å². The Bertz CT molecular complexity index is 255. The highest BCUT2D eigenvalue weighted by Gasteiger charge is 2.22. The number of aliphatic hydroxyl groups excluding tert-OH is 1. The Kier molecular flexibility index (Phi) is 9.61. The molecule has 0 saturated carbocycles. The van der Waals surface area contributed by atoms with Crippen molar-refractivity contribution in [2.45, 2.75) is 52.9 Å². The summed E-state index contributed by atoms with van der Waals surface area (Å²) in [7, 11) is 0. The second kappa shape index (κ2) is 10.0. The number of nitrogens with two attached hydrogens (primary N) is 1. The van der Waals surface area contributed by atoms with E-state index in [1.54, 1.807) is 0 Å². The van der Waals surface area contributed by atoms with Crippen molar-refractivity contribution in [3.05, 3.63) is 0 Å². The van der Waals surface area contributed by atoms with E-state index in [1.165, 1.54) is 12.8 Å². The predicted octanol–water partition coefficient (Wildman–Crippen LogP) is 2.02. The highest BCUT2D eigenvalue weighted by Crippen LogP contribution is 2.23. The summed E-state index contributed by atoms with van der Waals surface area (Å²) in [6.07, 6.45) is 5.38. The number of amidine groups is 1. The van der Waals surface area contributed by atoms with Gasteiger partial charge in [0.15, 0.2) is 0 Å². The monoisotopic (exact) mass is 273 g/mol. The molecule has 0 aliphatic carbocycles. The number of hydrogen-bond donors (Lipinski definition) is 3. The molecule has 0 aromatic rings. The third kappa shape index (κ3) is 8.06. The van der Waals surface area contributed by atoms with Crippen molar-refractivity contribution in [3.8, 4) is 0 Å². The summed E-state index contributed by atoms with van der Waals surface area (Å²) in [5.74, 6) is 0.297. The van der Waals surface area contributed by atoms with Crippen LogP contribution in [0.4, 0.5) is 0 Å². The maximum Gasteiger partial charge on any atom is 0.144 e. The van der Waals surface area contributed by atoms with Crippen molar-refractivity contribution in [2.24, 2.45) is 16.3 Å². The quantitative estimate of drug-likeness (QED) is 0.177. The van der Waals surface area contributed by atoms with E-state index in [1.807, 2.05) is 13.8 Å². The fraction of sp³-hybridized carbons (Fsp3) is 0.929. The molecule has 0 fully saturated rings. The molecule has 0 spiro atoms. The highest BCUT2D eigenvalue weighted by atomic mass is 16.4. The van der Waals surface area contributed by atoms with Crippen molar-refractivity contribution in [1.29, 1.82) is 0 Å². The van der Waals surface area contributed by atoms with Crippen molar-refractivity contribution in [3.63, 3.8) is 0 Å². The number of hydrogen-bond acceptors (Lipinski definition) is 4. The number of aliphatic hydroxyl groups is 1. The SMILES string of the molecule is CCCCN(CCO)CCCCC(C)(C)C(N)=NO. The molecule has 4 N–H and O–H groups in total. The van der Waals surface area contributed by atoms with Crippen molar-refractivity contribution in [2.75, 3.05) is 26.2 Å². The lowest BCUT2D eigenvalue weighted by Crippen LogP contribution is -2.32. The molecule has 19 heavy (non-hydrogen) atoms. The first-order valence-electron chi connectivity index (χ1n) is 7.29. The molecule has 114 valence electrons. The Labute approximate surface area is 117 Å². The molecule has 5 heteroatoms. The number of nitrogens with zero attached hydrogens (tertiary/aromatic N) is 2. The Morgan fingerprint density at radius 1 is 1.16 bits per heavy atom.